The van der Waals surface area contributed by atoms with Crippen molar-refractivity contribution < 1.29 is 14.3 Å². The Hall–Kier alpha value is -1.18. The second-order valence-electron chi connectivity index (χ2n) is 4.24. The summed E-state index contributed by atoms with van der Waals surface area (Å²) in [6.07, 6.45) is 1.61. The van der Waals surface area contributed by atoms with Crippen LogP contribution >= 0.6 is 31.9 Å². The Morgan fingerprint density at radius 2 is 2.05 bits per heavy atom. The zero-order chi connectivity index (χ0) is 15.4. The Balaban J connectivity index is 2.35. The maximum absolute atomic E-state index is 12.7. The van der Waals surface area contributed by atoms with Crippen LogP contribution < -0.4 is 4.74 Å². The number of carbonyl (C=O) groups is 1. The first kappa shape index (κ1) is 16.2. The van der Waals surface area contributed by atoms with E-state index in [0.717, 1.165) is 4.47 Å². The topological polar surface area (TPSA) is 53.4 Å². The minimum absolute atomic E-state index is 0.112. The number of aromatic nitrogens is 2. The molecule has 0 aliphatic carbocycles. The number of halogens is 2. The van der Waals surface area contributed by atoms with Crippen LogP contribution in [0.5, 0.6) is 5.75 Å². The largest absolute Gasteiger partial charge is 0.496 e. The second-order valence-corrected chi connectivity index (χ2v) is 5.94. The molecule has 7 heteroatoms. The summed E-state index contributed by atoms with van der Waals surface area (Å²) in [4.78, 5) is 12.7. The van der Waals surface area contributed by atoms with Crippen molar-refractivity contribution in [3.8, 4) is 5.75 Å². The molecule has 0 bridgehead atoms. The highest BCUT2D eigenvalue weighted by molar-refractivity contribution is 9.10. The molecule has 0 aliphatic rings. The number of hydrogen-bond acceptors (Lipinski definition) is 4. The summed E-state index contributed by atoms with van der Waals surface area (Å²) in [5, 5.41) is 4.19. The molecule has 0 N–H and O–H groups in total. The summed E-state index contributed by atoms with van der Waals surface area (Å²) in [5.41, 5.74) is 1.06. The molecule has 0 saturated carbocycles. The molecule has 0 unspecified atom stereocenters. The van der Waals surface area contributed by atoms with Gasteiger partial charge in [-0.1, -0.05) is 0 Å². The van der Waals surface area contributed by atoms with Crippen LogP contribution in [0.1, 0.15) is 16.1 Å². The molecule has 5 nitrogen and oxygen atoms in total. The molecule has 0 radical (unpaired) electrons. The summed E-state index contributed by atoms with van der Waals surface area (Å²) in [6, 6.07) is 5.22. The first-order valence-electron chi connectivity index (χ1n) is 6.17. The highest BCUT2D eigenvalue weighted by atomic mass is 79.9. The van der Waals surface area contributed by atoms with Gasteiger partial charge in [0.15, 0.2) is 0 Å². The number of benzene rings is 1. The molecule has 2 aromatic rings. The lowest BCUT2D eigenvalue weighted by Gasteiger charge is -2.09. The van der Waals surface area contributed by atoms with Crippen LogP contribution in [0.15, 0.2) is 33.3 Å². The monoisotopic (exact) mass is 416 g/mol. The summed E-state index contributed by atoms with van der Waals surface area (Å²) in [5.74, 6) is 0.567. The van der Waals surface area contributed by atoms with Crippen molar-refractivity contribution in [2.24, 2.45) is 0 Å². The number of ketones is 1. The van der Waals surface area contributed by atoms with Crippen LogP contribution in [-0.4, -0.2) is 36.4 Å². The quantitative estimate of drug-likeness (QED) is 0.676. The fourth-order valence-corrected chi connectivity index (χ4v) is 2.90. The van der Waals surface area contributed by atoms with E-state index in [1.165, 1.54) is 0 Å². The van der Waals surface area contributed by atoms with E-state index in [4.69, 9.17) is 9.47 Å². The Morgan fingerprint density at radius 1 is 1.29 bits per heavy atom. The molecule has 2 rings (SSSR count). The van der Waals surface area contributed by atoms with E-state index in [-0.39, 0.29) is 5.78 Å². The molecule has 21 heavy (non-hydrogen) atoms. The van der Waals surface area contributed by atoms with Crippen molar-refractivity contribution in [2.45, 2.75) is 6.54 Å². The zero-order valence-electron chi connectivity index (χ0n) is 11.6. The Labute approximate surface area is 139 Å². The van der Waals surface area contributed by atoms with E-state index in [1.807, 2.05) is 0 Å². The molecule has 0 atom stereocenters. The van der Waals surface area contributed by atoms with Crippen LogP contribution in [0.4, 0.5) is 0 Å². The molecule has 0 aliphatic heterocycles. The molecule has 0 saturated heterocycles. The second kappa shape index (κ2) is 7.20. The number of hydrogen-bond donors (Lipinski definition) is 0. The first-order valence-corrected chi connectivity index (χ1v) is 7.75. The maximum atomic E-state index is 12.7. The van der Waals surface area contributed by atoms with Crippen molar-refractivity contribution in [3.05, 3.63) is 44.6 Å². The van der Waals surface area contributed by atoms with E-state index in [1.54, 1.807) is 43.3 Å². The highest BCUT2D eigenvalue weighted by Crippen LogP contribution is 2.28. The van der Waals surface area contributed by atoms with Gasteiger partial charge in [-0.2, -0.15) is 5.10 Å². The predicted octanol–water partition coefficient (Wildman–Crippen LogP) is 3.29. The standard InChI is InChI=1S/C14H14Br2N2O3/c1-20-6-5-18-13(11(16)8-17-18)14(19)9-3-4-12(21-2)10(15)7-9/h3-4,7-8H,5-6H2,1-2H3. The third-order valence-corrected chi connectivity index (χ3v) is 4.13. The van der Waals surface area contributed by atoms with Gasteiger partial charge in [-0.25, -0.2) is 0 Å². The summed E-state index contributed by atoms with van der Waals surface area (Å²) in [6.45, 7) is 1.00. The average molecular weight is 418 g/mol. The SMILES string of the molecule is COCCn1ncc(Br)c1C(=O)c1ccc(OC)c(Br)c1. The van der Waals surface area contributed by atoms with Crippen LogP contribution in [0.3, 0.4) is 0 Å². The molecule has 1 aromatic heterocycles. The smallest absolute Gasteiger partial charge is 0.212 e. The van der Waals surface area contributed by atoms with Crippen molar-refractivity contribution in [3.63, 3.8) is 0 Å². The molecule has 1 heterocycles. The molecule has 0 amide bonds. The van der Waals surface area contributed by atoms with Gasteiger partial charge >= 0.3 is 0 Å². The van der Waals surface area contributed by atoms with Crippen molar-refractivity contribution >= 4 is 37.6 Å². The molecular weight excluding hydrogens is 404 g/mol. The predicted molar refractivity (Wildman–Crippen MR) is 85.9 cm³/mol. The third kappa shape index (κ3) is 3.53. The van der Waals surface area contributed by atoms with Gasteiger partial charge in [0, 0.05) is 12.7 Å². The van der Waals surface area contributed by atoms with Gasteiger partial charge in [0.2, 0.25) is 5.78 Å². The van der Waals surface area contributed by atoms with Crippen LogP contribution in [0.2, 0.25) is 0 Å². The van der Waals surface area contributed by atoms with E-state index in [9.17, 15) is 4.79 Å². The number of methoxy groups -OCH3 is 2. The van der Waals surface area contributed by atoms with Gasteiger partial charge in [0.25, 0.3) is 0 Å². The van der Waals surface area contributed by atoms with Gasteiger partial charge in [0.1, 0.15) is 11.4 Å². The van der Waals surface area contributed by atoms with E-state index in [2.05, 4.69) is 37.0 Å². The van der Waals surface area contributed by atoms with Crippen molar-refractivity contribution in [1.82, 2.24) is 9.78 Å². The van der Waals surface area contributed by atoms with Crippen molar-refractivity contribution in [1.29, 1.82) is 0 Å². The molecule has 1 aromatic carbocycles. The molecule has 0 spiro atoms. The number of nitrogens with zero attached hydrogens (tertiary/aromatic N) is 2. The number of rotatable bonds is 6. The summed E-state index contributed by atoms with van der Waals surface area (Å²) >= 11 is 6.76. The fourth-order valence-electron chi connectivity index (χ4n) is 1.88. The molecule has 112 valence electrons. The van der Waals surface area contributed by atoms with Crippen LogP contribution in [0.25, 0.3) is 0 Å². The van der Waals surface area contributed by atoms with Crippen LogP contribution in [-0.2, 0) is 11.3 Å². The van der Waals surface area contributed by atoms with Crippen LogP contribution in [0, 0.1) is 0 Å². The van der Waals surface area contributed by atoms with Gasteiger partial charge in [-0.05, 0) is 50.1 Å². The minimum atomic E-state index is -0.112. The Morgan fingerprint density at radius 3 is 2.67 bits per heavy atom. The number of carbonyl (C=O) groups excluding carboxylic acids is 1. The van der Waals surface area contributed by atoms with Gasteiger partial charge in [-0.3, -0.25) is 9.48 Å². The average Bonchev–Trinajstić information content (AvgIpc) is 2.85. The summed E-state index contributed by atoms with van der Waals surface area (Å²) < 4.78 is 13.2. The van der Waals surface area contributed by atoms with E-state index in [0.29, 0.717) is 34.6 Å². The molecular formula is C14H14Br2N2O3. The Kier molecular flexibility index (Phi) is 5.55. The van der Waals surface area contributed by atoms with E-state index >= 15 is 0 Å². The Bertz CT molecular complexity index is 656. The highest BCUT2D eigenvalue weighted by Gasteiger charge is 2.19. The molecule has 0 fully saturated rings. The number of ether oxygens (including phenoxy) is 2. The normalized spacial score (nSPS) is 10.7. The van der Waals surface area contributed by atoms with Gasteiger partial charge in [-0.15, -0.1) is 0 Å². The first-order chi connectivity index (χ1) is 10.1. The lowest BCUT2D eigenvalue weighted by Crippen LogP contribution is -2.14. The third-order valence-electron chi connectivity index (χ3n) is 2.93. The summed E-state index contributed by atoms with van der Waals surface area (Å²) in [7, 11) is 3.19. The van der Waals surface area contributed by atoms with E-state index < -0.39 is 0 Å². The fraction of sp³-hybridized carbons (Fsp3) is 0.286. The van der Waals surface area contributed by atoms with Gasteiger partial charge < -0.3 is 9.47 Å². The maximum Gasteiger partial charge on any atom is 0.212 e. The lowest BCUT2D eigenvalue weighted by atomic mass is 10.1. The minimum Gasteiger partial charge on any atom is -0.496 e. The zero-order valence-corrected chi connectivity index (χ0v) is 14.8. The van der Waals surface area contributed by atoms with Gasteiger partial charge in [0.05, 0.1) is 35.4 Å². The lowest BCUT2D eigenvalue weighted by molar-refractivity contribution is 0.102. The van der Waals surface area contributed by atoms with Crippen molar-refractivity contribution in [2.75, 3.05) is 20.8 Å².